The summed E-state index contributed by atoms with van der Waals surface area (Å²) in [4.78, 5) is 14.8. The van der Waals surface area contributed by atoms with Crippen LogP contribution in [-0.4, -0.2) is 36.5 Å². The normalized spacial score (nSPS) is 27.0. The second kappa shape index (κ2) is 7.27. The van der Waals surface area contributed by atoms with E-state index in [0.29, 0.717) is 25.1 Å². The molecule has 2 aromatic rings. The molecule has 6 heteroatoms. The van der Waals surface area contributed by atoms with Crippen molar-refractivity contribution in [2.75, 3.05) is 13.1 Å². The molecule has 1 aliphatic carbocycles. The maximum Gasteiger partial charge on any atom is 0.387 e. The first kappa shape index (κ1) is 17.9. The zero-order chi connectivity index (χ0) is 19.0. The van der Waals surface area contributed by atoms with Crippen LogP contribution in [-0.2, 0) is 4.79 Å². The lowest BCUT2D eigenvalue weighted by molar-refractivity contribution is -0.131. The number of hydrogen-bond acceptors (Lipinski definition) is 3. The van der Waals surface area contributed by atoms with Gasteiger partial charge in [-0.3, -0.25) is 4.79 Å². The Morgan fingerprint density at radius 1 is 1.04 bits per heavy atom. The number of carbonyl (C=O) groups excluding carboxylic acids is 1. The molecule has 1 aliphatic heterocycles. The largest absolute Gasteiger partial charge is 0.435 e. The minimum absolute atomic E-state index is 0.0562. The van der Waals surface area contributed by atoms with Gasteiger partial charge in [0.05, 0.1) is 0 Å². The molecule has 4 rings (SSSR count). The Balaban J connectivity index is 1.44. The maximum atomic E-state index is 12.9. The Morgan fingerprint density at radius 2 is 1.74 bits per heavy atom. The van der Waals surface area contributed by atoms with Crippen molar-refractivity contribution in [3.8, 4) is 5.75 Å². The van der Waals surface area contributed by atoms with Crippen molar-refractivity contribution in [1.29, 1.82) is 0 Å². The van der Waals surface area contributed by atoms with Crippen LogP contribution >= 0.6 is 0 Å². The zero-order valence-corrected chi connectivity index (χ0v) is 14.8. The Kier molecular flexibility index (Phi) is 4.83. The van der Waals surface area contributed by atoms with Crippen molar-refractivity contribution in [2.45, 2.75) is 30.9 Å². The van der Waals surface area contributed by atoms with Crippen molar-refractivity contribution >= 4 is 5.91 Å². The topological polar surface area (TPSA) is 55.6 Å². The predicted molar refractivity (Wildman–Crippen MR) is 97.7 cm³/mol. The third-order valence-corrected chi connectivity index (χ3v) is 5.55. The first-order valence-electron chi connectivity index (χ1n) is 9.17. The van der Waals surface area contributed by atoms with Crippen LogP contribution in [0.1, 0.15) is 29.4 Å². The van der Waals surface area contributed by atoms with Crippen LogP contribution in [0.15, 0.2) is 54.6 Å². The van der Waals surface area contributed by atoms with E-state index >= 15 is 0 Å². The summed E-state index contributed by atoms with van der Waals surface area (Å²) < 4.78 is 29.9. The van der Waals surface area contributed by atoms with Crippen LogP contribution in [0.4, 0.5) is 8.78 Å². The quantitative estimate of drug-likeness (QED) is 0.876. The van der Waals surface area contributed by atoms with E-state index in [1.807, 2.05) is 35.2 Å². The molecule has 2 aromatic carbocycles. The minimum Gasteiger partial charge on any atom is -0.435 e. The molecule has 4 nitrogen and oxygen atoms in total. The summed E-state index contributed by atoms with van der Waals surface area (Å²) in [7, 11) is 0. The van der Waals surface area contributed by atoms with Gasteiger partial charge in [0.15, 0.2) is 0 Å². The predicted octanol–water partition coefficient (Wildman–Crippen LogP) is 3.34. The highest BCUT2D eigenvalue weighted by atomic mass is 19.3. The van der Waals surface area contributed by atoms with Crippen LogP contribution in [0.2, 0.25) is 0 Å². The Labute approximate surface area is 156 Å². The summed E-state index contributed by atoms with van der Waals surface area (Å²) >= 11 is 0. The van der Waals surface area contributed by atoms with Crippen LogP contribution < -0.4 is 10.5 Å². The second-order valence-corrected chi connectivity index (χ2v) is 7.29. The van der Waals surface area contributed by atoms with Gasteiger partial charge in [0.1, 0.15) is 5.75 Å². The van der Waals surface area contributed by atoms with Gasteiger partial charge < -0.3 is 15.4 Å². The SMILES string of the molecule is N[C@@H]1CN(C(=O)C2CC2c2ccccc2OC(F)F)C[C@H]1c1ccccc1. The fraction of sp³-hybridized carbons (Fsp3) is 0.381. The molecule has 4 atom stereocenters. The Hall–Kier alpha value is -2.47. The number of halogens is 2. The summed E-state index contributed by atoms with van der Waals surface area (Å²) in [5.41, 5.74) is 8.11. The smallest absolute Gasteiger partial charge is 0.387 e. The van der Waals surface area contributed by atoms with Gasteiger partial charge in [-0.2, -0.15) is 8.78 Å². The monoisotopic (exact) mass is 372 g/mol. The molecule has 0 radical (unpaired) electrons. The number of rotatable bonds is 5. The van der Waals surface area contributed by atoms with Crippen molar-refractivity contribution in [2.24, 2.45) is 11.7 Å². The first-order valence-corrected chi connectivity index (χ1v) is 9.17. The summed E-state index contributed by atoms with van der Waals surface area (Å²) in [6, 6.07) is 16.6. The summed E-state index contributed by atoms with van der Waals surface area (Å²) in [5, 5.41) is 0. The summed E-state index contributed by atoms with van der Waals surface area (Å²) in [5.74, 6) is 0.0872. The van der Waals surface area contributed by atoms with E-state index in [1.165, 1.54) is 6.07 Å². The van der Waals surface area contributed by atoms with Crippen molar-refractivity contribution < 1.29 is 18.3 Å². The highest BCUT2D eigenvalue weighted by molar-refractivity contribution is 5.83. The van der Waals surface area contributed by atoms with Gasteiger partial charge in [-0.1, -0.05) is 48.5 Å². The molecule has 0 bridgehead atoms. The number of nitrogens with two attached hydrogens (primary N) is 1. The lowest BCUT2D eigenvalue weighted by Gasteiger charge is -2.17. The van der Waals surface area contributed by atoms with E-state index in [0.717, 1.165) is 5.56 Å². The summed E-state index contributed by atoms with van der Waals surface area (Å²) in [6.45, 7) is -1.75. The van der Waals surface area contributed by atoms with Gasteiger partial charge in [0, 0.05) is 31.0 Å². The van der Waals surface area contributed by atoms with Crippen LogP contribution in [0, 0.1) is 5.92 Å². The molecular formula is C21H22F2N2O2. The fourth-order valence-electron chi connectivity index (χ4n) is 4.10. The zero-order valence-electron chi connectivity index (χ0n) is 14.8. The molecule has 1 saturated heterocycles. The van der Waals surface area contributed by atoms with E-state index in [4.69, 9.17) is 5.73 Å². The molecule has 1 amide bonds. The van der Waals surface area contributed by atoms with E-state index in [1.54, 1.807) is 18.2 Å². The highest BCUT2D eigenvalue weighted by Gasteiger charge is 2.49. The van der Waals surface area contributed by atoms with Gasteiger partial charge in [0.25, 0.3) is 0 Å². The number of carbonyl (C=O) groups is 1. The standard InChI is InChI=1S/C21H22F2N2O2/c22-21(23)27-19-9-5-4-8-14(19)15-10-16(15)20(26)25-11-17(18(24)12-25)13-6-2-1-3-7-13/h1-9,15-18,21H,10-12,24H2/t15?,16?,17-,18+/m0/s1. The molecule has 2 fully saturated rings. The molecule has 2 aliphatic rings. The van der Waals surface area contributed by atoms with Gasteiger partial charge in [0.2, 0.25) is 5.91 Å². The minimum atomic E-state index is -2.87. The van der Waals surface area contributed by atoms with Gasteiger partial charge >= 0.3 is 6.61 Å². The fourth-order valence-corrected chi connectivity index (χ4v) is 4.10. The van der Waals surface area contributed by atoms with Crippen molar-refractivity contribution in [3.05, 3.63) is 65.7 Å². The Bertz CT molecular complexity index is 815. The number of benzene rings is 2. The number of alkyl halides is 2. The number of ether oxygens (including phenoxy) is 1. The lowest BCUT2D eigenvalue weighted by Crippen LogP contribution is -2.33. The van der Waals surface area contributed by atoms with Crippen molar-refractivity contribution in [3.63, 3.8) is 0 Å². The van der Waals surface area contributed by atoms with Gasteiger partial charge in [-0.15, -0.1) is 0 Å². The first-order chi connectivity index (χ1) is 13.0. The van der Waals surface area contributed by atoms with Crippen LogP contribution in [0.3, 0.4) is 0 Å². The molecule has 2 N–H and O–H groups in total. The summed E-state index contributed by atoms with van der Waals surface area (Å²) in [6.07, 6.45) is 0.657. The van der Waals surface area contributed by atoms with Gasteiger partial charge in [-0.05, 0) is 29.5 Å². The molecule has 142 valence electrons. The maximum absolute atomic E-state index is 12.9. The highest BCUT2D eigenvalue weighted by Crippen LogP contribution is 2.51. The third-order valence-electron chi connectivity index (χ3n) is 5.55. The molecule has 0 spiro atoms. The number of para-hydroxylation sites is 1. The molecule has 1 heterocycles. The average molecular weight is 372 g/mol. The van der Waals surface area contributed by atoms with Gasteiger partial charge in [-0.25, -0.2) is 0 Å². The molecular weight excluding hydrogens is 350 g/mol. The second-order valence-electron chi connectivity index (χ2n) is 7.29. The molecule has 0 aromatic heterocycles. The molecule has 2 unspecified atom stereocenters. The van der Waals surface area contributed by atoms with E-state index < -0.39 is 6.61 Å². The number of hydrogen-bond donors (Lipinski definition) is 1. The van der Waals surface area contributed by atoms with Crippen LogP contribution in [0.25, 0.3) is 0 Å². The van der Waals surface area contributed by atoms with E-state index in [-0.39, 0.29) is 35.5 Å². The number of amides is 1. The number of likely N-dealkylation sites (tertiary alicyclic amines) is 1. The molecule has 27 heavy (non-hydrogen) atoms. The Morgan fingerprint density at radius 3 is 2.48 bits per heavy atom. The van der Waals surface area contributed by atoms with E-state index in [2.05, 4.69) is 4.74 Å². The van der Waals surface area contributed by atoms with E-state index in [9.17, 15) is 13.6 Å². The average Bonchev–Trinajstić information content (AvgIpc) is 3.36. The van der Waals surface area contributed by atoms with Crippen molar-refractivity contribution in [1.82, 2.24) is 4.90 Å². The number of nitrogens with zero attached hydrogens (tertiary/aromatic N) is 1. The third kappa shape index (κ3) is 3.67. The lowest BCUT2D eigenvalue weighted by atomic mass is 9.95. The van der Waals surface area contributed by atoms with Crippen LogP contribution in [0.5, 0.6) is 5.75 Å². The molecule has 1 saturated carbocycles.